The summed E-state index contributed by atoms with van der Waals surface area (Å²) in [6.45, 7) is -0.612. The molecule has 1 aliphatic rings. The van der Waals surface area contributed by atoms with Crippen molar-refractivity contribution in [2.45, 2.75) is 36.2 Å². The number of carboxylic acid groups (broad SMARTS) is 1. The van der Waals surface area contributed by atoms with Gasteiger partial charge in [-0.15, -0.1) is 4.91 Å². The molecule has 2 aromatic rings. The summed E-state index contributed by atoms with van der Waals surface area (Å²) in [4.78, 5) is 22.2. The molecule has 148 valence electrons. The summed E-state index contributed by atoms with van der Waals surface area (Å²) >= 11 is 0. The maximum absolute atomic E-state index is 12.6. The normalized spacial score (nSPS) is 19.3. The lowest BCUT2D eigenvalue weighted by Crippen LogP contribution is -2.21. The van der Waals surface area contributed by atoms with E-state index in [0.717, 1.165) is 6.42 Å². The highest BCUT2D eigenvalue weighted by atomic mass is 32.2. The van der Waals surface area contributed by atoms with E-state index >= 15 is 0 Å². The van der Waals surface area contributed by atoms with Crippen molar-refractivity contribution in [3.05, 3.63) is 59.0 Å². The van der Waals surface area contributed by atoms with E-state index < -0.39 is 28.8 Å². The molecule has 0 aliphatic heterocycles. The van der Waals surface area contributed by atoms with Gasteiger partial charge in [-0.2, -0.15) is 8.42 Å². The van der Waals surface area contributed by atoms with E-state index in [1.807, 2.05) is 0 Å². The van der Waals surface area contributed by atoms with Crippen LogP contribution in [0.5, 0.6) is 5.75 Å². The molecule has 0 radical (unpaired) electrons. The van der Waals surface area contributed by atoms with E-state index in [2.05, 4.69) is 5.18 Å². The van der Waals surface area contributed by atoms with Crippen LogP contribution in [0, 0.1) is 4.91 Å². The monoisotopic (exact) mass is 405 g/mol. The van der Waals surface area contributed by atoms with E-state index in [1.54, 1.807) is 30.3 Å². The van der Waals surface area contributed by atoms with Crippen LogP contribution < -0.4 is 4.74 Å². The number of benzene rings is 2. The van der Waals surface area contributed by atoms with Crippen LogP contribution in [0.4, 0.5) is 5.69 Å². The molecule has 2 unspecified atom stereocenters. The second kappa shape index (κ2) is 8.49. The predicted molar refractivity (Wildman–Crippen MR) is 100 cm³/mol. The van der Waals surface area contributed by atoms with Crippen molar-refractivity contribution >= 4 is 21.8 Å². The predicted octanol–water partition coefficient (Wildman–Crippen LogP) is 3.59. The van der Waals surface area contributed by atoms with Crippen LogP contribution in [-0.4, -0.2) is 32.2 Å². The summed E-state index contributed by atoms with van der Waals surface area (Å²) in [5.41, 5.74) is 0.463. The first kappa shape index (κ1) is 20.0. The summed E-state index contributed by atoms with van der Waals surface area (Å²) in [7, 11) is -3.95. The van der Waals surface area contributed by atoms with Crippen LogP contribution >= 0.6 is 0 Å². The Labute approximate surface area is 162 Å². The lowest BCUT2D eigenvalue weighted by molar-refractivity contribution is -0.139. The fraction of sp³-hybridized carbons (Fsp3) is 0.316. The van der Waals surface area contributed by atoms with Gasteiger partial charge in [0.15, 0.2) is 12.3 Å². The van der Waals surface area contributed by atoms with Gasteiger partial charge in [-0.3, -0.25) is 4.18 Å². The summed E-state index contributed by atoms with van der Waals surface area (Å²) in [5.74, 6) is -1.51. The van der Waals surface area contributed by atoms with Gasteiger partial charge < -0.3 is 9.84 Å². The van der Waals surface area contributed by atoms with E-state index in [1.165, 1.54) is 18.2 Å². The first-order chi connectivity index (χ1) is 13.4. The minimum atomic E-state index is -3.95. The second-order valence-electron chi connectivity index (χ2n) is 6.41. The Bertz CT molecular complexity index is 960. The van der Waals surface area contributed by atoms with Gasteiger partial charge >= 0.3 is 5.97 Å². The molecule has 2 aromatic carbocycles. The number of hydrogen-bond acceptors (Lipinski definition) is 7. The minimum Gasteiger partial charge on any atom is -0.480 e. The van der Waals surface area contributed by atoms with Gasteiger partial charge in [0.25, 0.3) is 10.1 Å². The van der Waals surface area contributed by atoms with Crippen LogP contribution in [0.15, 0.2) is 58.6 Å². The third kappa shape index (κ3) is 4.37. The molecule has 1 saturated carbocycles. The highest BCUT2D eigenvalue weighted by Crippen LogP contribution is 2.44. The minimum absolute atomic E-state index is 0.0265. The molecule has 9 heteroatoms. The number of carbonyl (C=O) groups is 1. The molecule has 0 spiro atoms. The molecule has 1 N–H and O–H groups in total. The van der Waals surface area contributed by atoms with Gasteiger partial charge in [-0.25, -0.2) is 4.79 Å². The van der Waals surface area contributed by atoms with Gasteiger partial charge in [0, 0.05) is 5.92 Å². The van der Waals surface area contributed by atoms with Crippen molar-refractivity contribution < 1.29 is 27.2 Å². The van der Waals surface area contributed by atoms with Crippen molar-refractivity contribution in [3.8, 4) is 5.75 Å². The number of ether oxygens (including phenoxy) is 1. The lowest BCUT2D eigenvalue weighted by atomic mass is 9.94. The second-order valence-corrected chi connectivity index (χ2v) is 7.98. The highest BCUT2D eigenvalue weighted by molar-refractivity contribution is 7.86. The Morgan fingerprint density at radius 3 is 2.54 bits per heavy atom. The molecule has 1 fully saturated rings. The Balaban J connectivity index is 1.88. The van der Waals surface area contributed by atoms with Gasteiger partial charge in [0.1, 0.15) is 5.75 Å². The third-order valence-corrected chi connectivity index (χ3v) is 5.96. The van der Waals surface area contributed by atoms with Crippen LogP contribution in [0.1, 0.15) is 30.7 Å². The Morgan fingerprint density at radius 1 is 1.11 bits per heavy atom. The van der Waals surface area contributed by atoms with Crippen LogP contribution in [0.2, 0.25) is 0 Å². The molecule has 0 heterocycles. The first-order valence-electron chi connectivity index (χ1n) is 8.71. The van der Waals surface area contributed by atoms with E-state index in [0.29, 0.717) is 18.4 Å². The number of carboxylic acids is 1. The molecule has 3 rings (SSSR count). The van der Waals surface area contributed by atoms with E-state index in [9.17, 15) is 18.1 Å². The summed E-state index contributed by atoms with van der Waals surface area (Å²) in [6.07, 6.45) is 1.19. The van der Waals surface area contributed by atoms with Crippen LogP contribution in [-0.2, 0) is 19.1 Å². The SMILES string of the molecule is O=Nc1c(OCC(=O)O)cccc1C1CCCC1OS(=O)(=O)c1ccccc1. The van der Waals surface area contributed by atoms with Crippen LogP contribution in [0.25, 0.3) is 0 Å². The van der Waals surface area contributed by atoms with Crippen molar-refractivity contribution in [2.24, 2.45) is 5.18 Å². The zero-order valence-electron chi connectivity index (χ0n) is 14.9. The standard InChI is InChI=1S/C19H19NO7S/c21-18(22)12-26-17-11-5-9-15(19(17)20-23)14-8-4-10-16(14)27-28(24,25)13-6-2-1-3-7-13/h1-3,5-7,9,11,14,16H,4,8,10,12H2,(H,21,22). The topological polar surface area (TPSA) is 119 Å². The van der Waals surface area contributed by atoms with Crippen molar-refractivity contribution in [1.82, 2.24) is 0 Å². The molecular weight excluding hydrogens is 386 g/mol. The van der Waals surface area contributed by atoms with Crippen molar-refractivity contribution in [3.63, 3.8) is 0 Å². The molecule has 28 heavy (non-hydrogen) atoms. The van der Waals surface area contributed by atoms with Crippen molar-refractivity contribution in [1.29, 1.82) is 0 Å². The van der Waals surface area contributed by atoms with E-state index in [-0.39, 0.29) is 22.3 Å². The maximum atomic E-state index is 12.6. The number of hydrogen-bond donors (Lipinski definition) is 1. The summed E-state index contributed by atoms with van der Waals surface area (Å²) in [5, 5.41) is 11.8. The fourth-order valence-corrected chi connectivity index (χ4v) is 4.55. The molecule has 1 aliphatic carbocycles. The third-order valence-electron chi connectivity index (χ3n) is 4.61. The average Bonchev–Trinajstić information content (AvgIpc) is 3.13. The Hall–Kier alpha value is -2.78. The van der Waals surface area contributed by atoms with E-state index in [4.69, 9.17) is 14.0 Å². The quantitative estimate of drug-likeness (QED) is 0.526. The van der Waals surface area contributed by atoms with Crippen molar-refractivity contribution in [2.75, 3.05) is 6.61 Å². The molecule has 0 saturated heterocycles. The molecule has 0 aromatic heterocycles. The van der Waals surface area contributed by atoms with Gasteiger partial charge in [0.2, 0.25) is 0 Å². The average molecular weight is 405 g/mol. The van der Waals surface area contributed by atoms with Gasteiger partial charge in [0.05, 0.1) is 11.0 Å². The van der Waals surface area contributed by atoms with Gasteiger partial charge in [-0.05, 0) is 41.8 Å². The summed E-state index contributed by atoms with van der Waals surface area (Å²) in [6, 6.07) is 12.6. The smallest absolute Gasteiger partial charge is 0.341 e. The summed E-state index contributed by atoms with van der Waals surface area (Å²) < 4.78 is 35.8. The fourth-order valence-electron chi connectivity index (χ4n) is 3.39. The molecule has 8 nitrogen and oxygen atoms in total. The lowest BCUT2D eigenvalue weighted by Gasteiger charge is -2.21. The molecular formula is C19H19NO7S. The van der Waals surface area contributed by atoms with Crippen LogP contribution in [0.3, 0.4) is 0 Å². The first-order valence-corrected chi connectivity index (χ1v) is 10.1. The highest BCUT2D eigenvalue weighted by Gasteiger charge is 2.36. The Kier molecular flexibility index (Phi) is 6.05. The van der Waals surface area contributed by atoms with Gasteiger partial charge in [-0.1, -0.05) is 36.8 Å². The largest absolute Gasteiger partial charge is 0.480 e. The number of aliphatic carboxylic acids is 1. The zero-order chi connectivity index (χ0) is 20.1. The number of nitroso groups, excluding NO2 is 1. The number of rotatable bonds is 8. The zero-order valence-corrected chi connectivity index (χ0v) is 15.7. The molecule has 0 bridgehead atoms. The maximum Gasteiger partial charge on any atom is 0.341 e. The Morgan fingerprint density at radius 2 is 1.86 bits per heavy atom. The molecule has 2 atom stereocenters. The number of nitrogens with zero attached hydrogens (tertiary/aromatic N) is 1. The molecule has 0 amide bonds.